The number of rotatable bonds is 8. The summed E-state index contributed by atoms with van der Waals surface area (Å²) in [7, 11) is 0. The van der Waals surface area contributed by atoms with E-state index >= 15 is 0 Å². The number of aryl methyl sites for hydroxylation is 2. The highest BCUT2D eigenvalue weighted by Crippen LogP contribution is 2.35. The van der Waals surface area contributed by atoms with Crippen LogP contribution < -0.4 is 10.6 Å². The molecule has 5 heteroatoms. The number of hydrogen-bond acceptors (Lipinski definition) is 3. The lowest BCUT2D eigenvalue weighted by molar-refractivity contribution is -0.123. The maximum absolute atomic E-state index is 12.6. The van der Waals surface area contributed by atoms with Crippen molar-refractivity contribution in [2.75, 3.05) is 13.1 Å². The summed E-state index contributed by atoms with van der Waals surface area (Å²) in [6.07, 6.45) is 8.83. The van der Waals surface area contributed by atoms with Crippen molar-refractivity contribution in [3.8, 4) is 0 Å². The monoisotopic (exact) mass is 397 g/mol. The van der Waals surface area contributed by atoms with Crippen molar-refractivity contribution in [3.63, 3.8) is 0 Å². The molecular formula is C24H35N3O2. The molecule has 1 aliphatic heterocycles. The highest BCUT2D eigenvalue weighted by atomic mass is 16.2. The van der Waals surface area contributed by atoms with Gasteiger partial charge in [0.2, 0.25) is 5.91 Å². The average molecular weight is 398 g/mol. The smallest absolute Gasteiger partial charge is 0.251 e. The zero-order valence-corrected chi connectivity index (χ0v) is 17.9. The molecule has 1 heterocycles. The minimum atomic E-state index is 0.00523. The molecule has 1 saturated heterocycles. The molecule has 0 bridgehead atoms. The highest BCUT2D eigenvalue weighted by Gasteiger charge is 2.38. The molecule has 0 unspecified atom stereocenters. The van der Waals surface area contributed by atoms with Gasteiger partial charge in [-0.1, -0.05) is 6.07 Å². The second-order valence-corrected chi connectivity index (χ2v) is 9.43. The third-order valence-corrected chi connectivity index (χ3v) is 7.10. The van der Waals surface area contributed by atoms with Crippen LogP contribution in [0.4, 0.5) is 0 Å². The molecule has 2 aliphatic carbocycles. The van der Waals surface area contributed by atoms with Gasteiger partial charge in [-0.05, 0) is 88.0 Å². The second-order valence-electron chi connectivity index (χ2n) is 9.43. The zero-order chi connectivity index (χ0) is 20.4. The lowest BCUT2D eigenvalue weighted by Gasteiger charge is -2.31. The van der Waals surface area contributed by atoms with Crippen molar-refractivity contribution in [1.82, 2.24) is 15.5 Å². The van der Waals surface area contributed by atoms with Crippen LogP contribution in [0.5, 0.6) is 0 Å². The quantitative estimate of drug-likeness (QED) is 0.707. The Kier molecular flexibility index (Phi) is 6.23. The van der Waals surface area contributed by atoms with Crippen LogP contribution in [0.3, 0.4) is 0 Å². The molecule has 2 N–H and O–H groups in total. The topological polar surface area (TPSA) is 61.4 Å². The van der Waals surface area contributed by atoms with Crippen LogP contribution in [0.1, 0.15) is 72.9 Å². The highest BCUT2D eigenvalue weighted by molar-refractivity contribution is 5.94. The van der Waals surface area contributed by atoms with E-state index in [0.717, 1.165) is 49.3 Å². The fourth-order valence-corrected chi connectivity index (χ4v) is 4.60. The van der Waals surface area contributed by atoms with Gasteiger partial charge in [-0.25, -0.2) is 0 Å². The number of likely N-dealkylation sites (tertiary alicyclic amines) is 1. The molecule has 1 aromatic rings. The molecule has 5 nitrogen and oxygen atoms in total. The van der Waals surface area contributed by atoms with Crippen molar-refractivity contribution in [2.45, 2.75) is 83.3 Å². The largest absolute Gasteiger partial charge is 0.353 e. The van der Waals surface area contributed by atoms with E-state index in [1.807, 2.05) is 25.1 Å². The predicted molar refractivity (Wildman–Crippen MR) is 115 cm³/mol. The molecule has 0 aromatic heterocycles. The first-order valence-corrected chi connectivity index (χ1v) is 11.4. The van der Waals surface area contributed by atoms with Gasteiger partial charge in [0, 0.05) is 43.2 Å². The van der Waals surface area contributed by atoms with Crippen molar-refractivity contribution < 1.29 is 9.59 Å². The van der Waals surface area contributed by atoms with Gasteiger partial charge >= 0.3 is 0 Å². The molecule has 0 radical (unpaired) electrons. The Morgan fingerprint density at radius 1 is 1.00 bits per heavy atom. The molecule has 3 fully saturated rings. The van der Waals surface area contributed by atoms with E-state index in [0.29, 0.717) is 31.1 Å². The Hall–Kier alpha value is -1.88. The SMILES string of the molecule is Cc1ccc(C(=O)NC[C@@H]2CC[C@H](CC(=O)NC3CCC3)N2CC2CC2)cc1C. The number of nitrogens with one attached hydrogen (secondary N) is 2. The number of nitrogens with zero attached hydrogens (tertiary/aromatic N) is 1. The van der Waals surface area contributed by atoms with E-state index < -0.39 is 0 Å². The molecule has 4 rings (SSSR count). The Balaban J connectivity index is 1.32. The Morgan fingerprint density at radius 3 is 2.41 bits per heavy atom. The Labute approximate surface area is 174 Å². The van der Waals surface area contributed by atoms with Crippen molar-refractivity contribution in [1.29, 1.82) is 0 Å². The molecule has 29 heavy (non-hydrogen) atoms. The zero-order valence-electron chi connectivity index (χ0n) is 17.9. The molecule has 2 atom stereocenters. The summed E-state index contributed by atoms with van der Waals surface area (Å²) in [6, 6.07) is 6.95. The van der Waals surface area contributed by atoms with Gasteiger partial charge in [-0.3, -0.25) is 14.5 Å². The van der Waals surface area contributed by atoms with Crippen molar-refractivity contribution in [2.24, 2.45) is 5.92 Å². The van der Waals surface area contributed by atoms with E-state index in [1.165, 1.54) is 24.8 Å². The summed E-state index contributed by atoms with van der Waals surface area (Å²) >= 11 is 0. The van der Waals surface area contributed by atoms with E-state index in [9.17, 15) is 9.59 Å². The summed E-state index contributed by atoms with van der Waals surface area (Å²) in [6.45, 7) is 5.84. The van der Waals surface area contributed by atoms with E-state index in [1.54, 1.807) is 0 Å². The molecule has 3 aliphatic rings. The molecular weight excluding hydrogens is 362 g/mol. The van der Waals surface area contributed by atoms with Crippen molar-refractivity contribution >= 4 is 11.8 Å². The first-order valence-electron chi connectivity index (χ1n) is 11.4. The van der Waals surface area contributed by atoms with Gasteiger partial charge in [0.1, 0.15) is 0 Å². The number of hydrogen-bond donors (Lipinski definition) is 2. The van der Waals surface area contributed by atoms with Crippen molar-refractivity contribution in [3.05, 3.63) is 34.9 Å². The van der Waals surface area contributed by atoms with Gasteiger partial charge in [0.25, 0.3) is 5.91 Å². The third kappa shape index (κ3) is 5.19. The number of carbonyl (C=O) groups excluding carboxylic acids is 2. The van der Waals surface area contributed by atoms with E-state index in [-0.39, 0.29) is 11.8 Å². The standard InChI is InChI=1S/C24H35N3O2/c1-16-6-9-19(12-17(16)2)24(29)25-14-22-11-10-21(27(22)15-18-7-8-18)13-23(28)26-20-4-3-5-20/h6,9,12,18,20-22H,3-5,7-8,10-11,13-15H2,1-2H3,(H,25,29)(H,26,28)/t21-,22+/m1/s1. The summed E-state index contributed by atoms with van der Waals surface area (Å²) < 4.78 is 0. The van der Waals surface area contributed by atoms with Crippen LogP contribution in [-0.4, -0.2) is 47.9 Å². The van der Waals surface area contributed by atoms with Crippen LogP contribution in [0.15, 0.2) is 18.2 Å². The van der Waals surface area contributed by atoms with Crippen LogP contribution in [0, 0.1) is 19.8 Å². The molecule has 2 amide bonds. The van der Waals surface area contributed by atoms with Gasteiger partial charge in [0.15, 0.2) is 0 Å². The Bertz CT molecular complexity index is 754. The first-order chi connectivity index (χ1) is 14.0. The summed E-state index contributed by atoms with van der Waals surface area (Å²) in [5.74, 6) is 0.995. The molecule has 0 spiro atoms. The normalized spacial score (nSPS) is 24.9. The summed E-state index contributed by atoms with van der Waals surface area (Å²) in [5.41, 5.74) is 3.08. The second kappa shape index (κ2) is 8.86. The molecule has 1 aromatic carbocycles. The first kappa shape index (κ1) is 20.4. The number of carbonyl (C=O) groups is 2. The molecule has 158 valence electrons. The minimum Gasteiger partial charge on any atom is -0.353 e. The van der Waals surface area contributed by atoms with Gasteiger partial charge in [0.05, 0.1) is 0 Å². The van der Waals surface area contributed by atoms with Crippen LogP contribution in [0.2, 0.25) is 0 Å². The maximum atomic E-state index is 12.6. The predicted octanol–water partition coefficient (Wildman–Crippen LogP) is 3.34. The number of amides is 2. The van der Waals surface area contributed by atoms with E-state index in [2.05, 4.69) is 22.5 Å². The van der Waals surface area contributed by atoms with Crippen LogP contribution >= 0.6 is 0 Å². The Morgan fingerprint density at radius 2 is 1.76 bits per heavy atom. The fraction of sp³-hybridized carbons (Fsp3) is 0.667. The van der Waals surface area contributed by atoms with Gasteiger partial charge in [-0.2, -0.15) is 0 Å². The lowest BCUT2D eigenvalue weighted by Crippen LogP contribution is -2.47. The van der Waals surface area contributed by atoms with Gasteiger partial charge < -0.3 is 10.6 Å². The fourth-order valence-electron chi connectivity index (χ4n) is 4.60. The van der Waals surface area contributed by atoms with Crippen LogP contribution in [-0.2, 0) is 4.79 Å². The molecule has 2 saturated carbocycles. The third-order valence-electron chi connectivity index (χ3n) is 7.10. The minimum absolute atomic E-state index is 0.00523. The lowest BCUT2D eigenvalue weighted by atomic mass is 9.93. The average Bonchev–Trinajstić information content (AvgIpc) is 3.41. The van der Waals surface area contributed by atoms with E-state index in [4.69, 9.17) is 0 Å². The number of benzene rings is 1. The van der Waals surface area contributed by atoms with Crippen LogP contribution in [0.25, 0.3) is 0 Å². The van der Waals surface area contributed by atoms with Gasteiger partial charge in [-0.15, -0.1) is 0 Å². The summed E-state index contributed by atoms with van der Waals surface area (Å²) in [5, 5.41) is 6.35. The summed E-state index contributed by atoms with van der Waals surface area (Å²) in [4.78, 5) is 27.6. The maximum Gasteiger partial charge on any atom is 0.251 e.